The van der Waals surface area contributed by atoms with E-state index in [0.717, 1.165) is 16.9 Å². The van der Waals surface area contributed by atoms with E-state index in [4.69, 9.17) is 16.3 Å². The molecule has 0 saturated carbocycles. The highest BCUT2D eigenvalue weighted by molar-refractivity contribution is 6.32. The van der Waals surface area contributed by atoms with Crippen molar-refractivity contribution in [3.63, 3.8) is 0 Å². The molecule has 1 aromatic carbocycles. The first kappa shape index (κ1) is 13.8. The molecular weight excluding hydrogens is 312 g/mol. The Morgan fingerprint density at radius 1 is 1.17 bits per heavy atom. The molecular formula is C17H13ClN4O. The SMILES string of the molecule is Clc1cc(NC2=CC=NC2)ccc1Oc1ccc2ccnn2c1. The van der Waals surface area contributed by atoms with Crippen molar-refractivity contribution in [2.24, 2.45) is 4.99 Å². The fraction of sp³-hybridized carbons (Fsp3) is 0.0588. The van der Waals surface area contributed by atoms with Gasteiger partial charge in [-0.2, -0.15) is 5.10 Å². The zero-order chi connectivity index (χ0) is 15.6. The van der Waals surface area contributed by atoms with Gasteiger partial charge in [0, 0.05) is 23.8 Å². The van der Waals surface area contributed by atoms with Crippen LogP contribution >= 0.6 is 11.6 Å². The highest BCUT2D eigenvalue weighted by atomic mass is 35.5. The molecule has 0 unspecified atom stereocenters. The Labute approximate surface area is 137 Å². The van der Waals surface area contributed by atoms with Crippen molar-refractivity contribution in [1.29, 1.82) is 0 Å². The summed E-state index contributed by atoms with van der Waals surface area (Å²) in [7, 11) is 0. The molecule has 0 spiro atoms. The van der Waals surface area contributed by atoms with Crippen LogP contribution in [0.15, 0.2) is 65.6 Å². The predicted molar refractivity (Wildman–Crippen MR) is 91.8 cm³/mol. The summed E-state index contributed by atoms with van der Waals surface area (Å²) in [5, 5.41) is 8.00. The maximum atomic E-state index is 6.32. The molecule has 4 rings (SSSR count). The van der Waals surface area contributed by atoms with Crippen molar-refractivity contribution in [2.45, 2.75) is 0 Å². The first-order valence-corrected chi connectivity index (χ1v) is 7.52. The van der Waals surface area contributed by atoms with Crippen LogP contribution in [-0.4, -0.2) is 22.4 Å². The van der Waals surface area contributed by atoms with E-state index in [1.54, 1.807) is 16.9 Å². The van der Waals surface area contributed by atoms with Crippen LogP contribution < -0.4 is 10.1 Å². The molecule has 0 atom stereocenters. The Morgan fingerprint density at radius 2 is 2.13 bits per heavy atom. The molecule has 114 valence electrons. The van der Waals surface area contributed by atoms with Gasteiger partial charge in [-0.05, 0) is 42.5 Å². The van der Waals surface area contributed by atoms with Gasteiger partial charge in [0.2, 0.25) is 0 Å². The number of nitrogens with one attached hydrogen (secondary N) is 1. The number of hydrogen-bond acceptors (Lipinski definition) is 4. The molecule has 23 heavy (non-hydrogen) atoms. The van der Waals surface area contributed by atoms with Gasteiger partial charge in [-0.25, -0.2) is 4.52 Å². The van der Waals surface area contributed by atoms with Crippen LogP contribution in [0.5, 0.6) is 11.5 Å². The van der Waals surface area contributed by atoms with Gasteiger partial charge in [-0.1, -0.05) is 11.6 Å². The Kier molecular flexibility index (Phi) is 3.48. The van der Waals surface area contributed by atoms with E-state index < -0.39 is 0 Å². The van der Waals surface area contributed by atoms with Crippen LogP contribution in [0.4, 0.5) is 5.69 Å². The maximum Gasteiger partial charge on any atom is 0.146 e. The van der Waals surface area contributed by atoms with Gasteiger partial charge in [0.25, 0.3) is 0 Å². The molecule has 5 nitrogen and oxygen atoms in total. The molecule has 3 aromatic rings. The Bertz CT molecular complexity index is 929. The summed E-state index contributed by atoms with van der Waals surface area (Å²) in [5.74, 6) is 1.27. The zero-order valence-electron chi connectivity index (χ0n) is 12.1. The van der Waals surface area contributed by atoms with E-state index >= 15 is 0 Å². The lowest BCUT2D eigenvalue weighted by atomic mass is 10.3. The number of pyridine rings is 1. The third-order valence-electron chi connectivity index (χ3n) is 3.48. The lowest BCUT2D eigenvalue weighted by Crippen LogP contribution is -2.00. The van der Waals surface area contributed by atoms with Crippen molar-refractivity contribution in [1.82, 2.24) is 9.61 Å². The first-order chi connectivity index (χ1) is 11.3. The van der Waals surface area contributed by atoms with E-state index in [0.29, 0.717) is 23.1 Å². The molecule has 0 fully saturated rings. The van der Waals surface area contributed by atoms with Crippen molar-refractivity contribution in [2.75, 3.05) is 11.9 Å². The number of fused-ring (bicyclic) bond motifs is 1. The molecule has 0 amide bonds. The molecule has 0 saturated heterocycles. The topological polar surface area (TPSA) is 50.9 Å². The highest BCUT2D eigenvalue weighted by Gasteiger charge is 2.07. The lowest BCUT2D eigenvalue weighted by molar-refractivity contribution is 0.479. The minimum atomic E-state index is 0.537. The number of halogens is 1. The minimum absolute atomic E-state index is 0.537. The number of aliphatic imine (C=N–C) groups is 1. The van der Waals surface area contributed by atoms with Gasteiger partial charge >= 0.3 is 0 Å². The lowest BCUT2D eigenvalue weighted by Gasteiger charge is -2.11. The van der Waals surface area contributed by atoms with Crippen molar-refractivity contribution < 1.29 is 4.74 Å². The average Bonchev–Trinajstić information content (AvgIpc) is 3.21. The minimum Gasteiger partial charge on any atom is -0.454 e. The fourth-order valence-electron chi connectivity index (χ4n) is 2.36. The van der Waals surface area contributed by atoms with Gasteiger partial charge in [0.05, 0.1) is 23.3 Å². The second-order valence-electron chi connectivity index (χ2n) is 5.12. The van der Waals surface area contributed by atoms with Crippen molar-refractivity contribution in [3.8, 4) is 11.5 Å². The van der Waals surface area contributed by atoms with Crippen LogP contribution in [0.2, 0.25) is 5.02 Å². The van der Waals surface area contributed by atoms with Crippen LogP contribution in [0.3, 0.4) is 0 Å². The Morgan fingerprint density at radius 3 is 2.96 bits per heavy atom. The van der Waals surface area contributed by atoms with Crippen LogP contribution in [-0.2, 0) is 0 Å². The molecule has 3 heterocycles. The maximum absolute atomic E-state index is 6.32. The molecule has 0 bridgehead atoms. The molecule has 0 aliphatic carbocycles. The molecule has 1 aliphatic rings. The van der Waals surface area contributed by atoms with Gasteiger partial charge < -0.3 is 10.1 Å². The van der Waals surface area contributed by atoms with Crippen LogP contribution in [0.25, 0.3) is 5.52 Å². The van der Waals surface area contributed by atoms with E-state index in [1.165, 1.54) is 0 Å². The van der Waals surface area contributed by atoms with Crippen molar-refractivity contribution >= 4 is 29.0 Å². The second-order valence-corrected chi connectivity index (χ2v) is 5.53. The second kappa shape index (κ2) is 5.78. The van der Waals surface area contributed by atoms with Gasteiger partial charge in [-0.15, -0.1) is 0 Å². The number of benzene rings is 1. The van der Waals surface area contributed by atoms with Gasteiger partial charge in [0.15, 0.2) is 0 Å². The molecule has 1 aliphatic heterocycles. The zero-order valence-corrected chi connectivity index (χ0v) is 12.9. The number of allylic oxidation sites excluding steroid dienone is 1. The summed E-state index contributed by atoms with van der Waals surface area (Å²) >= 11 is 6.32. The van der Waals surface area contributed by atoms with Crippen LogP contribution in [0.1, 0.15) is 0 Å². The van der Waals surface area contributed by atoms with E-state index in [2.05, 4.69) is 15.4 Å². The van der Waals surface area contributed by atoms with Crippen LogP contribution in [0, 0.1) is 0 Å². The number of anilines is 1. The fourth-order valence-corrected chi connectivity index (χ4v) is 2.58. The van der Waals surface area contributed by atoms with Gasteiger partial charge in [0.1, 0.15) is 11.5 Å². The highest BCUT2D eigenvalue weighted by Crippen LogP contribution is 2.32. The van der Waals surface area contributed by atoms with E-state index in [-0.39, 0.29) is 0 Å². The molecule has 1 N–H and O–H groups in total. The molecule has 0 radical (unpaired) electrons. The third-order valence-corrected chi connectivity index (χ3v) is 3.77. The summed E-state index contributed by atoms with van der Waals surface area (Å²) in [4.78, 5) is 4.13. The monoisotopic (exact) mass is 324 g/mol. The predicted octanol–water partition coefficient (Wildman–Crippen LogP) is 4.16. The van der Waals surface area contributed by atoms with E-state index in [9.17, 15) is 0 Å². The summed E-state index contributed by atoms with van der Waals surface area (Å²) in [6.45, 7) is 0.666. The summed E-state index contributed by atoms with van der Waals surface area (Å²) in [5.41, 5.74) is 2.95. The standard InChI is InChI=1S/C17H13ClN4O/c18-16-9-12(21-13-5-7-19-10-13)1-4-17(16)23-15-3-2-14-6-8-20-22(14)11-15/h1-9,11,21H,10H2. The largest absolute Gasteiger partial charge is 0.454 e. The number of hydrogen-bond donors (Lipinski definition) is 1. The summed E-state index contributed by atoms with van der Waals surface area (Å²) in [6.07, 6.45) is 7.29. The van der Waals surface area contributed by atoms with E-state index in [1.807, 2.05) is 48.7 Å². The average molecular weight is 325 g/mol. The number of aromatic nitrogens is 2. The summed E-state index contributed by atoms with van der Waals surface area (Å²) < 4.78 is 7.61. The number of ether oxygens (including phenoxy) is 1. The smallest absolute Gasteiger partial charge is 0.146 e. The van der Waals surface area contributed by atoms with Crippen molar-refractivity contribution in [3.05, 3.63) is 65.6 Å². The Balaban J connectivity index is 1.54. The molecule has 2 aromatic heterocycles. The Hall–Kier alpha value is -2.79. The number of rotatable bonds is 4. The third kappa shape index (κ3) is 2.91. The first-order valence-electron chi connectivity index (χ1n) is 7.15. The number of nitrogens with zero attached hydrogens (tertiary/aromatic N) is 3. The summed E-state index contributed by atoms with van der Waals surface area (Å²) in [6, 6.07) is 11.4. The normalized spacial score (nSPS) is 13.3. The van der Waals surface area contributed by atoms with Gasteiger partial charge in [-0.3, -0.25) is 4.99 Å². The molecule has 6 heteroatoms. The quantitative estimate of drug-likeness (QED) is 0.784.